The molecule has 2 amide bonds. The van der Waals surface area contributed by atoms with Gasteiger partial charge in [0.15, 0.2) is 0 Å². The van der Waals surface area contributed by atoms with Crippen LogP contribution in [0.3, 0.4) is 0 Å². The molecule has 0 aromatic heterocycles. The van der Waals surface area contributed by atoms with Gasteiger partial charge in [0.25, 0.3) is 0 Å². The molecule has 0 rings (SSSR count). The molecule has 0 unspecified atom stereocenters. The molecule has 0 radical (unpaired) electrons. The zero-order valence-electron chi connectivity index (χ0n) is 19.0. The molecular formula is C24H48N2O2. The molecule has 0 spiro atoms. The topological polar surface area (TPSA) is 61.4 Å². The molecule has 0 aliphatic carbocycles. The van der Waals surface area contributed by atoms with E-state index in [-0.39, 0.29) is 24.6 Å². The minimum absolute atomic E-state index is 0.0146. The first kappa shape index (κ1) is 27.0. The van der Waals surface area contributed by atoms with Crippen molar-refractivity contribution in [3.05, 3.63) is 12.2 Å². The van der Waals surface area contributed by atoms with Crippen molar-refractivity contribution >= 4 is 6.03 Å². The molecule has 0 aliphatic heterocycles. The number of aliphatic hydroxyl groups excluding tert-OH is 1. The average Bonchev–Trinajstić information content (AvgIpc) is 2.68. The van der Waals surface area contributed by atoms with Gasteiger partial charge in [0.2, 0.25) is 0 Å². The number of urea groups is 1. The molecule has 4 nitrogen and oxygen atoms in total. The van der Waals surface area contributed by atoms with E-state index in [2.05, 4.69) is 29.7 Å². The third-order valence-electron chi connectivity index (χ3n) is 5.29. The minimum Gasteiger partial charge on any atom is -0.394 e. The number of nitrogens with one attached hydrogen (secondary N) is 2. The smallest absolute Gasteiger partial charge is 0.315 e. The third-order valence-corrected chi connectivity index (χ3v) is 5.29. The Labute approximate surface area is 174 Å². The van der Waals surface area contributed by atoms with E-state index in [1.54, 1.807) is 0 Å². The first-order valence-electron chi connectivity index (χ1n) is 11.9. The molecule has 0 saturated heterocycles. The van der Waals surface area contributed by atoms with Crippen LogP contribution in [0.1, 0.15) is 111 Å². The quantitative estimate of drug-likeness (QED) is 0.176. The van der Waals surface area contributed by atoms with Gasteiger partial charge in [-0.1, -0.05) is 90.7 Å². The van der Waals surface area contributed by atoms with Crippen molar-refractivity contribution in [2.75, 3.05) is 13.2 Å². The number of allylic oxidation sites excluding steroid dienone is 2. The monoisotopic (exact) mass is 396 g/mol. The van der Waals surface area contributed by atoms with E-state index < -0.39 is 0 Å². The predicted molar refractivity (Wildman–Crippen MR) is 122 cm³/mol. The Balaban J connectivity index is 3.31. The van der Waals surface area contributed by atoms with Crippen molar-refractivity contribution in [1.29, 1.82) is 0 Å². The third kappa shape index (κ3) is 18.3. The molecule has 0 saturated carbocycles. The normalized spacial score (nSPS) is 12.6. The molecule has 0 aliphatic rings. The maximum atomic E-state index is 11.7. The molecule has 3 N–H and O–H groups in total. The maximum Gasteiger partial charge on any atom is 0.315 e. The van der Waals surface area contributed by atoms with Crippen molar-refractivity contribution in [3.8, 4) is 0 Å². The van der Waals surface area contributed by atoms with Crippen molar-refractivity contribution < 1.29 is 9.90 Å². The first-order valence-corrected chi connectivity index (χ1v) is 11.9. The lowest BCUT2D eigenvalue weighted by Gasteiger charge is -2.20. The van der Waals surface area contributed by atoms with E-state index >= 15 is 0 Å². The Kier molecular flexibility index (Phi) is 19.9. The lowest BCUT2D eigenvalue weighted by Crippen LogP contribution is -2.46. The standard InChI is InChI=1S/C24H48N2O2/c1-4-5-6-7-8-9-10-11-12-13-14-15-16-17-18-19-20-25-24(28)26-23(21-27)22(2)3/h11-12,22-23,27H,4-10,13-21H2,1-3H3,(H2,25,26,28)/b12-11-/t23-/m0/s1. The van der Waals surface area contributed by atoms with Crippen LogP contribution >= 0.6 is 0 Å². The fourth-order valence-corrected chi connectivity index (χ4v) is 3.22. The minimum atomic E-state index is -0.167. The van der Waals surface area contributed by atoms with Crippen molar-refractivity contribution in [3.63, 3.8) is 0 Å². The summed E-state index contributed by atoms with van der Waals surface area (Å²) in [5.74, 6) is 0.237. The van der Waals surface area contributed by atoms with Crippen molar-refractivity contribution in [2.45, 2.75) is 117 Å². The summed E-state index contributed by atoms with van der Waals surface area (Å²) < 4.78 is 0. The van der Waals surface area contributed by atoms with Gasteiger partial charge in [0, 0.05) is 6.54 Å². The molecular weight excluding hydrogens is 348 g/mol. The van der Waals surface area contributed by atoms with E-state index in [4.69, 9.17) is 0 Å². The average molecular weight is 397 g/mol. The van der Waals surface area contributed by atoms with Crippen LogP contribution in [0, 0.1) is 5.92 Å². The summed E-state index contributed by atoms with van der Waals surface area (Å²) in [6, 6.07) is -0.333. The molecule has 0 bridgehead atoms. The molecule has 166 valence electrons. The summed E-state index contributed by atoms with van der Waals surface area (Å²) in [5.41, 5.74) is 0. The number of amides is 2. The van der Waals surface area contributed by atoms with Gasteiger partial charge in [0.1, 0.15) is 0 Å². The highest BCUT2D eigenvalue weighted by atomic mass is 16.3. The number of hydrogen-bond acceptors (Lipinski definition) is 2. The Hall–Kier alpha value is -1.03. The molecule has 0 aromatic carbocycles. The molecule has 28 heavy (non-hydrogen) atoms. The second-order valence-electron chi connectivity index (χ2n) is 8.37. The van der Waals surface area contributed by atoms with E-state index in [1.807, 2.05) is 13.8 Å². The highest BCUT2D eigenvalue weighted by molar-refractivity contribution is 5.74. The SMILES string of the molecule is CCCCCCCC/C=C\CCCCCCCCNC(=O)N[C@@H](CO)C(C)C. The number of unbranched alkanes of at least 4 members (excludes halogenated alkanes) is 12. The number of hydrogen-bond donors (Lipinski definition) is 3. The zero-order valence-corrected chi connectivity index (χ0v) is 19.0. The lowest BCUT2D eigenvalue weighted by molar-refractivity contribution is 0.198. The van der Waals surface area contributed by atoms with E-state index in [9.17, 15) is 9.90 Å². The van der Waals surface area contributed by atoms with Crippen LogP contribution < -0.4 is 10.6 Å². The highest BCUT2D eigenvalue weighted by Gasteiger charge is 2.14. The van der Waals surface area contributed by atoms with E-state index in [0.717, 1.165) is 6.42 Å². The molecule has 0 aromatic rings. The van der Waals surface area contributed by atoms with Gasteiger partial charge in [-0.05, 0) is 38.0 Å². The Bertz CT molecular complexity index is 370. The summed E-state index contributed by atoms with van der Waals surface area (Å²) >= 11 is 0. The van der Waals surface area contributed by atoms with Crippen LogP contribution in [0.5, 0.6) is 0 Å². The van der Waals surface area contributed by atoms with Crippen molar-refractivity contribution in [1.82, 2.24) is 10.6 Å². The zero-order chi connectivity index (χ0) is 20.9. The molecule has 0 fully saturated rings. The van der Waals surface area contributed by atoms with Gasteiger partial charge < -0.3 is 15.7 Å². The fraction of sp³-hybridized carbons (Fsp3) is 0.875. The Morgan fingerprint density at radius 1 is 0.821 bits per heavy atom. The van der Waals surface area contributed by atoms with Gasteiger partial charge in [-0.25, -0.2) is 4.79 Å². The summed E-state index contributed by atoms with van der Waals surface area (Å²) in [6.45, 7) is 6.95. The van der Waals surface area contributed by atoms with Gasteiger partial charge in [0.05, 0.1) is 12.6 Å². The van der Waals surface area contributed by atoms with Crippen LogP contribution in [0.2, 0.25) is 0 Å². The van der Waals surface area contributed by atoms with Crippen LogP contribution in [0.15, 0.2) is 12.2 Å². The predicted octanol–water partition coefficient (Wildman–Crippen LogP) is 6.34. The van der Waals surface area contributed by atoms with Gasteiger partial charge >= 0.3 is 6.03 Å². The second kappa shape index (κ2) is 20.7. The molecule has 1 atom stereocenters. The Morgan fingerprint density at radius 2 is 1.32 bits per heavy atom. The van der Waals surface area contributed by atoms with Crippen LogP contribution in [-0.2, 0) is 0 Å². The van der Waals surface area contributed by atoms with E-state index in [0.29, 0.717) is 6.54 Å². The Morgan fingerprint density at radius 3 is 1.82 bits per heavy atom. The largest absolute Gasteiger partial charge is 0.394 e. The van der Waals surface area contributed by atoms with Gasteiger partial charge in [-0.2, -0.15) is 0 Å². The summed E-state index contributed by atoms with van der Waals surface area (Å²) in [4.78, 5) is 11.7. The lowest BCUT2D eigenvalue weighted by atomic mass is 10.1. The van der Waals surface area contributed by atoms with Gasteiger partial charge in [-0.3, -0.25) is 0 Å². The first-order chi connectivity index (χ1) is 13.6. The van der Waals surface area contributed by atoms with Crippen LogP contribution in [-0.4, -0.2) is 30.3 Å². The number of carbonyl (C=O) groups excluding carboxylic acids is 1. The second-order valence-corrected chi connectivity index (χ2v) is 8.37. The number of aliphatic hydroxyl groups is 1. The molecule has 0 heterocycles. The highest BCUT2D eigenvalue weighted by Crippen LogP contribution is 2.09. The van der Waals surface area contributed by atoms with Crippen LogP contribution in [0.4, 0.5) is 4.79 Å². The summed E-state index contributed by atoms with van der Waals surface area (Å²) in [7, 11) is 0. The van der Waals surface area contributed by atoms with Crippen molar-refractivity contribution in [2.24, 2.45) is 5.92 Å². The number of carbonyl (C=O) groups is 1. The number of rotatable bonds is 19. The van der Waals surface area contributed by atoms with Crippen LogP contribution in [0.25, 0.3) is 0 Å². The summed E-state index contributed by atoms with van der Waals surface area (Å²) in [5, 5.41) is 14.9. The van der Waals surface area contributed by atoms with Gasteiger partial charge in [-0.15, -0.1) is 0 Å². The summed E-state index contributed by atoms with van der Waals surface area (Å²) in [6.07, 6.45) is 22.8. The maximum absolute atomic E-state index is 11.7. The van der Waals surface area contributed by atoms with E-state index in [1.165, 1.54) is 83.5 Å². The fourth-order valence-electron chi connectivity index (χ4n) is 3.22. The molecule has 4 heteroatoms.